The summed E-state index contributed by atoms with van der Waals surface area (Å²) < 4.78 is 15.1. The van der Waals surface area contributed by atoms with Crippen molar-refractivity contribution in [2.24, 2.45) is 0 Å². The van der Waals surface area contributed by atoms with Gasteiger partial charge in [0.1, 0.15) is 12.1 Å². The largest absolute Gasteiger partial charge is 0.480 e. The number of carboxylic acid groups (broad SMARTS) is 1. The zero-order valence-electron chi connectivity index (χ0n) is 33.7. The highest BCUT2D eigenvalue weighted by molar-refractivity contribution is 6.01. The van der Waals surface area contributed by atoms with E-state index in [1.165, 1.54) is 103 Å². The predicted molar refractivity (Wildman–Crippen MR) is 205 cm³/mol. The van der Waals surface area contributed by atoms with Gasteiger partial charge in [0.05, 0.1) is 32.6 Å². The van der Waals surface area contributed by atoms with Crippen LogP contribution in [0.2, 0.25) is 0 Å². The van der Waals surface area contributed by atoms with Crippen LogP contribution < -0.4 is 21.7 Å². The molecule has 0 spiro atoms. The fraction of sp³-hybridized carbons (Fsp3) is 0.846. The third kappa shape index (κ3) is 32.1. The van der Waals surface area contributed by atoms with E-state index in [4.69, 9.17) is 19.3 Å². The number of ether oxygens (including phenoxy) is 3. The van der Waals surface area contributed by atoms with Gasteiger partial charge in [-0.25, -0.2) is 14.4 Å². The van der Waals surface area contributed by atoms with Gasteiger partial charge in [-0.15, -0.1) is 0 Å². The number of hydrogen-bond acceptors (Lipinski definition) is 10. The maximum Gasteiger partial charge on any atom is 0.330 e. The summed E-state index contributed by atoms with van der Waals surface area (Å²) in [6, 6.07) is -1.82. The van der Waals surface area contributed by atoms with Gasteiger partial charge in [-0.05, 0) is 46.1 Å². The molecule has 14 heteroatoms. The fourth-order valence-electron chi connectivity index (χ4n) is 5.10. The van der Waals surface area contributed by atoms with E-state index in [-0.39, 0.29) is 42.5 Å². The van der Waals surface area contributed by atoms with Crippen LogP contribution >= 0.6 is 0 Å². The van der Waals surface area contributed by atoms with Gasteiger partial charge in [-0.3, -0.25) is 14.4 Å². The number of Topliss-reactive ketones (excluding diaryl/α,β-unsaturated/α-hetero) is 1. The molecule has 0 saturated carbocycles. The number of hydrogen-bond donors (Lipinski definition) is 5. The topological polar surface area (TPSA) is 214 Å². The number of carbonyl (C=O) groups excluding carboxylic acids is 5. The lowest BCUT2D eigenvalue weighted by Gasteiger charge is -2.24. The molecule has 0 aliphatic carbocycles. The summed E-state index contributed by atoms with van der Waals surface area (Å²) in [5, 5.41) is 15.5. The predicted octanol–water partition coefficient (Wildman–Crippen LogP) is 4.41. The molecule has 0 aromatic heterocycles. The SMILES string of the molecule is CCCCCCCCCOC(=O)[C@@H]1CC(=O)N1.CCCCCCCCOC.CN[C@@H](C(C)=O)C(=O)OCCCCCCCC[NH3+].O=C1C[C@@H](C(=O)O)N1. The van der Waals surface area contributed by atoms with Crippen molar-refractivity contribution in [3.05, 3.63) is 0 Å². The van der Waals surface area contributed by atoms with Crippen LogP contribution in [0.3, 0.4) is 0 Å². The Balaban J connectivity index is 0. The molecule has 0 aromatic carbocycles. The molecule has 0 aromatic rings. The van der Waals surface area contributed by atoms with Gasteiger partial charge in [0.15, 0.2) is 11.8 Å². The molecule has 0 bridgehead atoms. The zero-order chi connectivity index (χ0) is 40.1. The second-order valence-electron chi connectivity index (χ2n) is 13.5. The first-order chi connectivity index (χ1) is 25.5. The number of amides is 2. The molecule has 2 saturated heterocycles. The van der Waals surface area contributed by atoms with E-state index in [1.54, 1.807) is 14.2 Å². The summed E-state index contributed by atoms with van der Waals surface area (Å²) >= 11 is 0. The highest BCUT2D eigenvalue weighted by Crippen LogP contribution is 2.10. The Morgan fingerprint density at radius 1 is 0.698 bits per heavy atom. The highest BCUT2D eigenvalue weighted by atomic mass is 16.5. The molecule has 7 N–H and O–H groups in total. The number of aliphatic carboxylic acids is 1. The van der Waals surface area contributed by atoms with Crippen molar-refractivity contribution in [3.63, 3.8) is 0 Å². The van der Waals surface area contributed by atoms with Gasteiger partial charge in [0, 0.05) is 13.7 Å². The Kier molecular flexibility index (Phi) is 36.5. The smallest absolute Gasteiger partial charge is 0.330 e. The molecule has 2 rings (SSSR count). The number of nitrogens with one attached hydrogen (secondary N) is 3. The van der Waals surface area contributed by atoms with Crippen LogP contribution in [0, 0.1) is 0 Å². The molecule has 2 aliphatic heterocycles. The van der Waals surface area contributed by atoms with E-state index >= 15 is 0 Å². The molecule has 53 heavy (non-hydrogen) atoms. The number of β-lactam (4-membered cyclic amide) rings is 2. The summed E-state index contributed by atoms with van der Waals surface area (Å²) in [6.45, 7) is 8.66. The van der Waals surface area contributed by atoms with Crippen LogP contribution in [0.25, 0.3) is 0 Å². The number of rotatable bonds is 28. The Labute approximate surface area is 319 Å². The summed E-state index contributed by atoms with van der Waals surface area (Å²) in [7, 11) is 3.35. The van der Waals surface area contributed by atoms with Crippen molar-refractivity contribution >= 4 is 35.5 Å². The second-order valence-corrected chi connectivity index (χ2v) is 13.5. The number of carbonyl (C=O) groups is 6. The quantitative estimate of drug-likeness (QED) is 0.0326. The standard InChI is InChI=1S/C13H26N2O3.C13H23NO3.C9H20O.C4H5NO3/c1-11(16)12(15-2)13(17)18-10-8-6-4-3-5-7-9-14;1-2-3-4-5-6-7-8-9-17-13(16)11-10-12(15)14-11;1-3-4-5-6-7-8-9-10-2;6-3-1-2(5-3)4(7)8/h12,15H,3-10,14H2,1-2H3;11H,2-10H2,1H3,(H,14,15);3-9H2,1-2H3;2H,1H2,(H,5,6)(H,7,8)/p+1/t12-;11-;;2-/m00.0/s1. The molecule has 3 atom stereocenters. The number of unbranched alkanes of at least 4 members (excludes halogenated alkanes) is 16. The van der Waals surface area contributed by atoms with E-state index in [2.05, 4.69) is 35.5 Å². The summed E-state index contributed by atoms with van der Waals surface area (Å²) in [6.07, 6.45) is 23.7. The van der Waals surface area contributed by atoms with Gasteiger partial charge in [0.25, 0.3) is 0 Å². The fourth-order valence-corrected chi connectivity index (χ4v) is 5.10. The minimum Gasteiger partial charge on any atom is -0.480 e. The van der Waals surface area contributed by atoms with Gasteiger partial charge in [0.2, 0.25) is 11.8 Å². The van der Waals surface area contributed by atoms with E-state index in [0.29, 0.717) is 13.2 Å². The molecular formula is C39H75N4O10+. The Morgan fingerprint density at radius 3 is 1.45 bits per heavy atom. The van der Waals surface area contributed by atoms with E-state index in [0.717, 1.165) is 38.8 Å². The van der Waals surface area contributed by atoms with Crippen molar-refractivity contribution < 1.29 is 53.8 Å². The first-order valence-electron chi connectivity index (χ1n) is 20.1. The molecule has 2 heterocycles. The normalized spacial score (nSPS) is 15.9. The van der Waals surface area contributed by atoms with Gasteiger partial charge in [-0.2, -0.15) is 0 Å². The number of quaternary nitrogens is 1. The van der Waals surface area contributed by atoms with Crippen LogP contribution in [0.4, 0.5) is 0 Å². The molecule has 310 valence electrons. The Hall–Kier alpha value is -3.10. The average Bonchev–Trinajstić information content (AvgIpc) is 3.10. The van der Waals surface area contributed by atoms with Crippen LogP contribution in [-0.2, 0) is 43.0 Å². The van der Waals surface area contributed by atoms with Crippen LogP contribution in [0.1, 0.15) is 156 Å². The number of carboxylic acids is 1. The Morgan fingerprint density at radius 2 is 1.09 bits per heavy atom. The summed E-state index contributed by atoms with van der Waals surface area (Å²) in [5.74, 6) is -2.17. The third-order valence-corrected chi connectivity index (χ3v) is 8.55. The lowest BCUT2D eigenvalue weighted by Crippen LogP contribution is -2.53. The number of esters is 2. The molecule has 2 amide bonds. The van der Waals surface area contributed by atoms with Gasteiger partial charge >= 0.3 is 17.9 Å². The summed E-state index contributed by atoms with van der Waals surface area (Å²) in [4.78, 5) is 64.4. The molecule has 0 radical (unpaired) electrons. The van der Waals surface area contributed by atoms with E-state index in [1.807, 2.05) is 0 Å². The highest BCUT2D eigenvalue weighted by Gasteiger charge is 2.33. The van der Waals surface area contributed by atoms with Crippen molar-refractivity contribution in [1.29, 1.82) is 0 Å². The number of likely N-dealkylation sites (N-methyl/N-ethyl adjacent to an activating group) is 1. The van der Waals surface area contributed by atoms with Crippen LogP contribution in [0.5, 0.6) is 0 Å². The molecular weight excluding hydrogens is 684 g/mol. The van der Waals surface area contributed by atoms with Crippen LogP contribution in [0.15, 0.2) is 0 Å². The lowest BCUT2D eigenvalue weighted by atomic mass is 10.1. The molecule has 2 aliphatic rings. The Bertz CT molecular complexity index is 958. The minimum atomic E-state index is -0.954. The van der Waals surface area contributed by atoms with Crippen molar-refractivity contribution in [3.8, 4) is 0 Å². The number of methoxy groups -OCH3 is 1. The van der Waals surface area contributed by atoms with Crippen LogP contribution in [-0.4, -0.2) is 99.3 Å². The molecule has 14 nitrogen and oxygen atoms in total. The lowest BCUT2D eigenvalue weighted by molar-refractivity contribution is -0.368. The monoisotopic (exact) mass is 760 g/mol. The molecule has 2 fully saturated rings. The van der Waals surface area contributed by atoms with Crippen molar-refractivity contribution in [2.45, 2.75) is 174 Å². The maximum atomic E-state index is 11.5. The minimum absolute atomic E-state index is 0.0668. The average molecular weight is 760 g/mol. The third-order valence-electron chi connectivity index (χ3n) is 8.55. The maximum absolute atomic E-state index is 11.5. The second kappa shape index (κ2) is 37.2. The summed E-state index contributed by atoms with van der Waals surface area (Å²) in [5.41, 5.74) is 3.80. The van der Waals surface area contributed by atoms with Gasteiger partial charge in [-0.1, -0.05) is 104 Å². The van der Waals surface area contributed by atoms with E-state index < -0.39 is 24.0 Å². The van der Waals surface area contributed by atoms with Crippen molar-refractivity contribution in [2.75, 3.05) is 40.5 Å². The zero-order valence-corrected chi connectivity index (χ0v) is 33.7. The molecule has 0 unspecified atom stereocenters. The van der Waals surface area contributed by atoms with Crippen molar-refractivity contribution in [1.82, 2.24) is 16.0 Å². The number of ketones is 1. The first-order valence-corrected chi connectivity index (χ1v) is 20.1. The first kappa shape index (κ1) is 52.0. The van der Waals surface area contributed by atoms with Gasteiger partial charge < -0.3 is 41.0 Å². The van der Waals surface area contributed by atoms with E-state index in [9.17, 15) is 28.8 Å².